The minimum Gasteiger partial charge on any atom is -0.367 e. The average molecular weight is 400 g/mol. The van der Waals surface area contributed by atoms with Crippen molar-refractivity contribution in [2.45, 2.75) is 33.1 Å². The van der Waals surface area contributed by atoms with Crippen LogP contribution in [-0.2, 0) is 6.42 Å². The molecule has 0 amide bonds. The summed E-state index contributed by atoms with van der Waals surface area (Å²) in [5.41, 5.74) is 4.13. The SMILES string of the molecule is Cc1nccn1-c1cn2c(C(C)C)cnc2c(NCCc2c[nH]c3ncccc23)n1. The van der Waals surface area contributed by atoms with Crippen LogP contribution >= 0.6 is 0 Å². The second kappa shape index (κ2) is 7.29. The van der Waals surface area contributed by atoms with Crippen molar-refractivity contribution in [1.82, 2.24) is 33.9 Å². The van der Waals surface area contributed by atoms with Crippen molar-refractivity contribution in [2.75, 3.05) is 11.9 Å². The number of hydrogen-bond donors (Lipinski definition) is 2. The van der Waals surface area contributed by atoms with Crippen molar-refractivity contribution < 1.29 is 0 Å². The smallest absolute Gasteiger partial charge is 0.180 e. The summed E-state index contributed by atoms with van der Waals surface area (Å²) in [6.07, 6.45) is 12.4. The van der Waals surface area contributed by atoms with Crippen molar-refractivity contribution in [3.63, 3.8) is 0 Å². The first-order chi connectivity index (χ1) is 14.6. The molecule has 8 heteroatoms. The van der Waals surface area contributed by atoms with Gasteiger partial charge >= 0.3 is 0 Å². The third-order valence-corrected chi connectivity index (χ3v) is 5.40. The van der Waals surface area contributed by atoms with Crippen LogP contribution in [-0.4, -0.2) is 40.4 Å². The third-order valence-electron chi connectivity index (χ3n) is 5.40. The van der Waals surface area contributed by atoms with Crippen molar-refractivity contribution in [3.8, 4) is 5.82 Å². The van der Waals surface area contributed by atoms with Gasteiger partial charge in [0.15, 0.2) is 17.3 Å². The molecule has 8 nitrogen and oxygen atoms in total. The maximum Gasteiger partial charge on any atom is 0.180 e. The third kappa shape index (κ3) is 3.10. The largest absolute Gasteiger partial charge is 0.367 e. The molecule has 0 aliphatic carbocycles. The molecule has 5 aromatic rings. The van der Waals surface area contributed by atoms with Gasteiger partial charge in [-0.2, -0.15) is 0 Å². The minimum atomic E-state index is 0.353. The zero-order valence-electron chi connectivity index (χ0n) is 17.3. The lowest BCUT2D eigenvalue weighted by atomic mass is 10.1. The molecule has 0 aromatic carbocycles. The second-order valence-electron chi connectivity index (χ2n) is 7.71. The van der Waals surface area contributed by atoms with E-state index in [0.29, 0.717) is 5.92 Å². The topological polar surface area (TPSA) is 88.7 Å². The number of rotatable bonds is 6. The zero-order valence-corrected chi connectivity index (χ0v) is 17.3. The Morgan fingerprint density at radius 1 is 1.17 bits per heavy atom. The van der Waals surface area contributed by atoms with Crippen LogP contribution in [0.3, 0.4) is 0 Å². The van der Waals surface area contributed by atoms with Gasteiger partial charge in [-0.25, -0.2) is 19.9 Å². The number of aryl methyl sites for hydroxylation is 1. The van der Waals surface area contributed by atoms with Crippen molar-refractivity contribution in [1.29, 1.82) is 0 Å². The molecule has 0 unspecified atom stereocenters. The fraction of sp³-hybridized carbons (Fsp3) is 0.273. The molecule has 0 atom stereocenters. The van der Waals surface area contributed by atoms with Crippen LogP contribution in [0.5, 0.6) is 0 Å². The Morgan fingerprint density at radius 3 is 2.87 bits per heavy atom. The molecule has 0 saturated carbocycles. The average Bonchev–Trinajstić information content (AvgIpc) is 3.46. The summed E-state index contributed by atoms with van der Waals surface area (Å²) >= 11 is 0. The lowest BCUT2D eigenvalue weighted by Crippen LogP contribution is -2.11. The molecule has 0 fully saturated rings. The molecule has 5 rings (SSSR count). The Morgan fingerprint density at radius 2 is 2.07 bits per heavy atom. The van der Waals surface area contributed by atoms with Gasteiger partial charge in [0.05, 0.1) is 6.20 Å². The van der Waals surface area contributed by atoms with Gasteiger partial charge in [-0.15, -0.1) is 0 Å². The van der Waals surface area contributed by atoms with Crippen LogP contribution in [0.4, 0.5) is 5.82 Å². The Hall–Kier alpha value is -3.68. The van der Waals surface area contributed by atoms with E-state index in [1.54, 1.807) is 12.4 Å². The van der Waals surface area contributed by atoms with Crippen molar-refractivity contribution >= 4 is 22.5 Å². The van der Waals surface area contributed by atoms with Gasteiger partial charge in [-0.05, 0) is 37.0 Å². The highest BCUT2D eigenvalue weighted by molar-refractivity contribution is 5.79. The molecule has 2 N–H and O–H groups in total. The fourth-order valence-corrected chi connectivity index (χ4v) is 3.81. The summed E-state index contributed by atoms with van der Waals surface area (Å²) in [6, 6.07) is 4.06. The van der Waals surface area contributed by atoms with Crippen LogP contribution in [0.25, 0.3) is 22.5 Å². The second-order valence-corrected chi connectivity index (χ2v) is 7.71. The highest BCUT2D eigenvalue weighted by Gasteiger charge is 2.15. The molecule has 0 aliphatic rings. The van der Waals surface area contributed by atoms with E-state index in [4.69, 9.17) is 4.98 Å². The Kier molecular flexibility index (Phi) is 4.46. The number of pyridine rings is 1. The van der Waals surface area contributed by atoms with Gasteiger partial charge in [-0.1, -0.05) is 13.8 Å². The first-order valence-corrected chi connectivity index (χ1v) is 10.1. The summed E-state index contributed by atoms with van der Waals surface area (Å²) in [6.45, 7) is 7.05. The molecule has 0 aliphatic heterocycles. The van der Waals surface area contributed by atoms with E-state index in [0.717, 1.165) is 52.8 Å². The molecule has 0 bridgehead atoms. The summed E-state index contributed by atoms with van der Waals surface area (Å²) in [7, 11) is 0. The van der Waals surface area contributed by atoms with E-state index in [1.807, 2.05) is 42.3 Å². The maximum absolute atomic E-state index is 4.87. The van der Waals surface area contributed by atoms with Crippen LogP contribution in [0.2, 0.25) is 0 Å². The lowest BCUT2D eigenvalue weighted by molar-refractivity contribution is 0.800. The van der Waals surface area contributed by atoms with Crippen LogP contribution in [0.15, 0.2) is 49.3 Å². The number of nitrogens with one attached hydrogen (secondary N) is 2. The Balaban J connectivity index is 1.49. The lowest BCUT2D eigenvalue weighted by Gasteiger charge is -2.13. The van der Waals surface area contributed by atoms with Crippen molar-refractivity contribution in [3.05, 3.63) is 66.4 Å². The van der Waals surface area contributed by atoms with Gasteiger partial charge in [-0.3, -0.25) is 8.97 Å². The predicted molar refractivity (Wildman–Crippen MR) is 117 cm³/mol. The van der Waals surface area contributed by atoms with Crippen LogP contribution in [0, 0.1) is 6.92 Å². The van der Waals surface area contributed by atoms with E-state index in [-0.39, 0.29) is 0 Å². The summed E-state index contributed by atoms with van der Waals surface area (Å²) < 4.78 is 4.12. The number of fused-ring (bicyclic) bond motifs is 2. The molecule has 30 heavy (non-hydrogen) atoms. The first-order valence-electron chi connectivity index (χ1n) is 10.1. The highest BCUT2D eigenvalue weighted by atomic mass is 15.2. The first kappa shape index (κ1) is 18.4. The zero-order chi connectivity index (χ0) is 20.7. The van der Waals surface area contributed by atoms with E-state index in [1.165, 1.54) is 5.56 Å². The molecular weight excluding hydrogens is 376 g/mol. The summed E-state index contributed by atoms with van der Waals surface area (Å²) in [5, 5.41) is 4.66. The minimum absolute atomic E-state index is 0.353. The van der Waals surface area contributed by atoms with E-state index < -0.39 is 0 Å². The van der Waals surface area contributed by atoms with Gasteiger partial charge in [0.2, 0.25) is 0 Å². The predicted octanol–water partition coefficient (Wildman–Crippen LogP) is 3.88. The van der Waals surface area contributed by atoms with Crippen LogP contribution in [0.1, 0.15) is 36.8 Å². The molecule has 5 aromatic heterocycles. The summed E-state index contributed by atoms with van der Waals surface area (Å²) in [4.78, 5) is 21.5. The maximum atomic E-state index is 4.87. The molecule has 152 valence electrons. The highest BCUT2D eigenvalue weighted by Crippen LogP contribution is 2.23. The molecule has 0 saturated heterocycles. The van der Waals surface area contributed by atoms with E-state index >= 15 is 0 Å². The molecular formula is C22H24N8. The number of imidazole rings is 2. The number of H-pyrrole nitrogens is 1. The molecule has 0 spiro atoms. The number of anilines is 1. The van der Waals surface area contributed by atoms with Crippen LogP contribution < -0.4 is 5.32 Å². The van der Waals surface area contributed by atoms with E-state index in [2.05, 4.69) is 49.6 Å². The van der Waals surface area contributed by atoms with Gasteiger partial charge in [0.1, 0.15) is 11.5 Å². The van der Waals surface area contributed by atoms with Gasteiger partial charge < -0.3 is 10.3 Å². The van der Waals surface area contributed by atoms with Crippen molar-refractivity contribution in [2.24, 2.45) is 0 Å². The van der Waals surface area contributed by atoms with E-state index in [9.17, 15) is 0 Å². The fourth-order valence-electron chi connectivity index (χ4n) is 3.81. The quantitative estimate of drug-likeness (QED) is 0.452. The van der Waals surface area contributed by atoms with Gasteiger partial charge in [0.25, 0.3) is 0 Å². The Labute approximate surface area is 174 Å². The number of nitrogens with zero attached hydrogens (tertiary/aromatic N) is 6. The number of aromatic nitrogens is 7. The molecule has 0 radical (unpaired) electrons. The van der Waals surface area contributed by atoms with Gasteiger partial charge in [0, 0.05) is 48.6 Å². The molecule has 5 heterocycles. The number of aromatic amines is 1. The summed E-state index contributed by atoms with van der Waals surface area (Å²) in [5.74, 6) is 2.83. The number of hydrogen-bond acceptors (Lipinski definition) is 5. The standard InChI is InChI=1S/C22H24N8/c1-14(2)18-12-27-22-21(28-19(13-30(18)22)29-10-9-23-15(29)3)25-8-6-16-11-26-20-17(16)5-4-7-24-20/h4-5,7,9-14H,6,8H2,1-3H3,(H,24,26)(H,25,28). The normalized spacial score (nSPS) is 11.7. The Bertz CT molecular complexity index is 1320. The monoisotopic (exact) mass is 400 g/mol.